The maximum Gasteiger partial charge on any atom is 0.257 e. The van der Waals surface area contributed by atoms with E-state index < -0.39 is 29.0 Å². The van der Waals surface area contributed by atoms with Crippen molar-refractivity contribution in [2.75, 3.05) is 41.8 Å². The monoisotopic (exact) mass is 591 g/mol. The number of fused-ring (bicyclic) bond motifs is 1. The van der Waals surface area contributed by atoms with Gasteiger partial charge in [-0.2, -0.15) is 0 Å². The molecule has 1 aliphatic rings. The van der Waals surface area contributed by atoms with Crippen molar-refractivity contribution in [3.8, 4) is 11.1 Å². The Kier molecular flexibility index (Phi) is 7.44. The van der Waals surface area contributed by atoms with Gasteiger partial charge in [-0.3, -0.25) is 9.59 Å². The Morgan fingerprint density at radius 2 is 1.71 bits per heavy atom. The predicted molar refractivity (Wildman–Crippen MR) is 158 cm³/mol. The van der Waals surface area contributed by atoms with E-state index in [9.17, 15) is 22.8 Å². The van der Waals surface area contributed by atoms with Gasteiger partial charge in [-0.15, -0.1) is 11.3 Å². The van der Waals surface area contributed by atoms with Crippen LogP contribution >= 0.6 is 11.3 Å². The number of nitrogens with zero attached hydrogens (tertiary/aromatic N) is 1. The van der Waals surface area contributed by atoms with Crippen LogP contribution in [-0.4, -0.2) is 32.2 Å². The number of morpholine rings is 1. The smallest absolute Gasteiger partial charge is 0.257 e. The molecule has 0 saturated carbocycles. The van der Waals surface area contributed by atoms with E-state index in [1.807, 2.05) is 10.3 Å². The quantitative estimate of drug-likeness (QED) is 0.220. The number of ether oxygens (including phenoxy) is 1. The molecule has 6 rings (SSSR count). The Bertz CT molecular complexity index is 1860. The second-order valence-electron chi connectivity index (χ2n) is 9.78. The number of hydrogen-bond acceptors (Lipinski definition) is 7. The summed E-state index contributed by atoms with van der Waals surface area (Å²) in [5.41, 5.74) is 2.08. The number of hydrogen-bond donors (Lipinski definition) is 2. The molecule has 2 aromatic heterocycles. The predicted octanol–water partition coefficient (Wildman–Crippen LogP) is 7.08. The Labute approximate surface area is 242 Å². The number of aryl methyl sites for hydroxylation is 1. The fourth-order valence-corrected chi connectivity index (χ4v) is 5.63. The van der Waals surface area contributed by atoms with Crippen LogP contribution in [0, 0.1) is 24.4 Å². The lowest BCUT2D eigenvalue weighted by atomic mass is 10.1. The van der Waals surface area contributed by atoms with Crippen molar-refractivity contribution in [1.29, 1.82) is 0 Å². The summed E-state index contributed by atoms with van der Waals surface area (Å²) in [6.45, 7) is 4.04. The highest BCUT2D eigenvalue weighted by molar-refractivity contribution is 7.17. The van der Waals surface area contributed by atoms with Crippen LogP contribution in [0.15, 0.2) is 75.3 Å². The minimum atomic E-state index is -1.31. The molecular formula is C31H24F3N3O4S. The third kappa shape index (κ3) is 5.36. The minimum Gasteiger partial charge on any atom is -0.439 e. The van der Waals surface area contributed by atoms with E-state index in [1.54, 1.807) is 37.3 Å². The van der Waals surface area contributed by atoms with Crippen LogP contribution in [0.3, 0.4) is 0 Å². The summed E-state index contributed by atoms with van der Waals surface area (Å²) in [5, 5.41) is 7.04. The van der Waals surface area contributed by atoms with Crippen molar-refractivity contribution in [3.63, 3.8) is 0 Å². The van der Waals surface area contributed by atoms with Crippen LogP contribution in [0.1, 0.15) is 15.9 Å². The fraction of sp³-hybridized carbons (Fsp3) is 0.161. The molecule has 0 unspecified atom stereocenters. The van der Waals surface area contributed by atoms with Gasteiger partial charge in [0.2, 0.25) is 5.43 Å². The van der Waals surface area contributed by atoms with Crippen LogP contribution in [0.4, 0.5) is 36.1 Å². The van der Waals surface area contributed by atoms with Crippen molar-refractivity contribution in [2.24, 2.45) is 0 Å². The Morgan fingerprint density at radius 3 is 2.45 bits per heavy atom. The first-order chi connectivity index (χ1) is 20.3. The highest BCUT2D eigenvalue weighted by atomic mass is 32.1. The van der Waals surface area contributed by atoms with Crippen molar-refractivity contribution in [2.45, 2.75) is 6.92 Å². The lowest BCUT2D eigenvalue weighted by molar-refractivity contribution is 0.102. The molecule has 0 spiro atoms. The van der Waals surface area contributed by atoms with Crippen LogP contribution in [0.25, 0.3) is 21.4 Å². The molecule has 0 aliphatic carbocycles. The van der Waals surface area contributed by atoms with Crippen LogP contribution in [-0.2, 0) is 4.74 Å². The van der Waals surface area contributed by atoms with Gasteiger partial charge in [0.05, 0.1) is 30.2 Å². The first kappa shape index (κ1) is 27.6. The minimum absolute atomic E-state index is 0.102. The van der Waals surface area contributed by atoms with Crippen molar-refractivity contribution < 1.29 is 27.1 Å². The van der Waals surface area contributed by atoms with E-state index in [1.165, 1.54) is 29.5 Å². The normalized spacial score (nSPS) is 13.4. The van der Waals surface area contributed by atoms with Gasteiger partial charge >= 0.3 is 0 Å². The summed E-state index contributed by atoms with van der Waals surface area (Å²) in [6, 6.07) is 14.5. The average Bonchev–Trinajstić information content (AvgIpc) is 3.42. The lowest BCUT2D eigenvalue weighted by Gasteiger charge is -2.27. The summed E-state index contributed by atoms with van der Waals surface area (Å²) in [5.74, 6) is -3.40. The summed E-state index contributed by atoms with van der Waals surface area (Å²) in [4.78, 5) is 27.9. The average molecular weight is 592 g/mol. The maximum atomic E-state index is 14.8. The third-order valence-electron chi connectivity index (χ3n) is 6.93. The van der Waals surface area contributed by atoms with Gasteiger partial charge in [-0.05, 0) is 54.4 Å². The molecule has 3 heterocycles. The third-order valence-corrected chi connectivity index (χ3v) is 7.91. The van der Waals surface area contributed by atoms with Gasteiger partial charge in [-0.25, -0.2) is 13.2 Å². The van der Waals surface area contributed by atoms with Gasteiger partial charge in [0, 0.05) is 35.8 Å². The second-order valence-corrected chi connectivity index (χ2v) is 10.7. The van der Waals surface area contributed by atoms with Crippen LogP contribution in [0.2, 0.25) is 0 Å². The highest BCUT2D eigenvalue weighted by Crippen LogP contribution is 2.35. The molecule has 0 bridgehead atoms. The molecule has 3 aromatic carbocycles. The topological polar surface area (TPSA) is 83.8 Å². The zero-order valence-electron chi connectivity index (χ0n) is 22.3. The molecule has 1 fully saturated rings. The number of carbonyl (C=O) groups is 1. The molecule has 0 atom stereocenters. The Morgan fingerprint density at radius 1 is 0.952 bits per heavy atom. The maximum absolute atomic E-state index is 14.8. The standard InChI is InChI=1S/C31H24F3N3O4S/c1-17-2-9-24(23(33)14-17)36-28-20(7-8-22(32)27(28)34)31(39)35-19-5-3-18(4-6-19)21-16-42-30-25(38)15-26(41-29(21)30)37-10-12-40-13-11-37/h2-9,14-16,36H,10-13H2,1H3,(H,35,39). The molecule has 214 valence electrons. The highest BCUT2D eigenvalue weighted by Gasteiger charge is 2.21. The van der Waals surface area contributed by atoms with E-state index in [0.717, 1.165) is 23.3 Å². The fourth-order valence-electron chi connectivity index (χ4n) is 4.72. The number of nitrogens with one attached hydrogen (secondary N) is 2. The number of amides is 1. The molecule has 5 aromatic rings. The number of halogens is 3. The lowest BCUT2D eigenvalue weighted by Crippen LogP contribution is -2.36. The number of benzene rings is 3. The molecule has 1 amide bonds. The molecule has 7 nitrogen and oxygen atoms in total. The number of anilines is 4. The van der Waals surface area contributed by atoms with E-state index in [4.69, 9.17) is 9.15 Å². The molecule has 42 heavy (non-hydrogen) atoms. The molecule has 0 radical (unpaired) electrons. The number of carbonyl (C=O) groups excluding carboxylic acids is 1. The summed E-state index contributed by atoms with van der Waals surface area (Å²) in [6.07, 6.45) is 0. The summed E-state index contributed by atoms with van der Waals surface area (Å²) >= 11 is 1.29. The van der Waals surface area contributed by atoms with E-state index in [-0.39, 0.29) is 16.7 Å². The molecule has 1 saturated heterocycles. The van der Waals surface area contributed by atoms with E-state index in [2.05, 4.69) is 10.6 Å². The van der Waals surface area contributed by atoms with Gasteiger partial charge in [0.1, 0.15) is 10.5 Å². The first-order valence-corrected chi connectivity index (χ1v) is 14.0. The van der Waals surface area contributed by atoms with E-state index in [0.29, 0.717) is 53.7 Å². The first-order valence-electron chi connectivity index (χ1n) is 13.1. The molecule has 11 heteroatoms. The van der Waals surface area contributed by atoms with Gasteiger partial charge in [0.25, 0.3) is 5.91 Å². The van der Waals surface area contributed by atoms with Gasteiger partial charge < -0.3 is 24.7 Å². The van der Waals surface area contributed by atoms with Crippen molar-refractivity contribution >= 4 is 50.5 Å². The van der Waals surface area contributed by atoms with Crippen LogP contribution in [0.5, 0.6) is 0 Å². The summed E-state index contributed by atoms with van der Waals surface area (Å²) < 4.78 is 55.4. The number of rotatable bonds is 6. The summed E-state index contributed by atoms with van der Waals surface area (Å²) in [7, 11) is 0. The SMILES string of the molecule is Cc1ccc(Nc2c(C(=O)Nc3ccc(-c4csc5c(=O)cc(N6CCOCC6)oc45)cc3)ccc(F)c2F)c(F)c1. The van der Waals surface area contributed by atoms with Gasteiger partial charge in [0.15, 0.2) is 23.1 Å². The zero-order chi connectivity index (χ0) is 29.4. The van der Waals surface area contributed by atoms with Crippen LogP contribution < -0.4 is 21.0 Å². The largest absolute Gasteiger partial charge is 0.439 e. The zero-order valence-corrected chi connectivity index (χ0v) is 23.1. The van der Waals surface area contributed by atoms with Crippen molar-refractivity contribution in [3.05, 3.63) is 105 Å². The molecular weight excluding hydrogens is 567 g/mol. The Balaban J connectivity index is 1.26. The molecule has 1 aliphatic heterocycles. The molecule has 2 N–H and O–H groups in total. The Hall–Kier alpha value is -4.61. The second kappa shape index (κ2) is 11.3. The van der Waals surface area contributed by atoms with Gasteiger partial charge in [-0.1, -0.05) is 18.2 Å². The number of thiophene rings is 1. The van der Waals surface area contributed by atoms with E-state index >= 15 is 0 Å². The van der Waals surface area contributed by atoms with Crippen molar-refractivity contribution in [1.82, 2.24) is 0 Å².